The highest BCUT2D eigenvalue weighted by Crippen LogP contribution is 2.17. The van der Waals surface area contributed by atoms with Gasteiger partial charge in [0.05, 0.1) is 11.0 Å². The van der Waals surface area contributed by atoms with Crippen molar-refractivity contribution in [1.82, 2.24) is 9.38 Å². The molecule has 0 unspecified atom stereocenters. The van der Waals surface area contributed by atoms with Gasteiger partial charge < -0.3 is 0 Å². The van der Waals surface area contributed by atoms with Crippen molar-refractivity contribution < 1.29 is 0 Å². The predicted molar refractivity (Wildman–Crippen MR) is 61.4 cm³/mol. The molecular formula is C13H8N2. The van der Waals surface area contributed by atoms with E-state index in [2.05, 4.69) is 45.9 Å². The van der Waals surface area contributed by atoms with Crippen molar-refractivity contribution in [2.75, 3.05) is 0 Å². The van der Waals surface area contributed by atoms with E-state index in [1.165, 1.54) is 16.3 Å². The topological polar surface area (TPSA) is 17.3 Å². The maximum Gasteiger partial charge on any atom is 0.145 e. The first-order valence-corrected chi connectivity index (χ1v) is 5.01. The Labute approximate surface area is 86.2 Å². The van der Waals surface area contributed by atoms with Crippen LogP contribution in [0.4, 0.5) is 0 Å². The van der Waals surface area contributed by atoms with E-state index in [1.54, 1.807) is 0 Å². The number of allylic oxidation sites excluding steroid dienone is 1. The molecule has 2 nitrogen and oxygen atoms in total. The van der Waals surface area contributed by atoms with Crippen molar-refractivity contribution in [2.24, 2.45) is 0 Å². The molecule has 0 aliphatic heterocycles. The van der Waals surface area contributed by atoms with Crippen LogP contribution in [-0.4, -0.2) is 9.38 Å². The van der Waals surface area contributed by atoms with Crippen LogP contribution >= 0.6 is 0 Å². The lowest BCUT2D eigenvalue weighted by Gasteiger charge is -1.88. The van der Waals surface area contributed by atoms with Crippen molar-refractivity contribution >= 4 is 28.8 Å². The molecule has 1 aliphatic rings. The van der Waals surface area contributed by atoms with Crippen LogP contribution in [0.3, 0.4) is 0 Å². The molecule has 0 bridgehead atoms. The normalized spacial score (nSPS) is 13.6. The molecule has 3 aromatic rings. The van der Waals surface area contributed by atoms with Crippen molar-refractivity contribution in [3.8, 4) is 0 Å². The second-order valence-electron chi connectivity index (χ2n) is 3.82. The van der Waals surface area contributed by atoms with E-state index in [-0.39, 0.29) is 0 Å². The second kappa shape index (κ2) is 2.28. The minimum absolute atomic E-state index is 1.07. The molecule has 1 aliphatic carbocycles. The van der Waals surface area contributed by atoms with Gasteiger partial charge in [0.25, 0.3) is 0 Å². The Morgan fingerprint density at radius 1 is 1.13 bits per heavy atom. The number of aromatic nitrogens is 2. The molecule has 0 fully saturated rings. The molecule has 70 valence electrons. The molecule has 0 spiro atoms. The molecule has 4 rings (SSSR count). The summed E-state index contributed by atoms with van der Waals surface area (Å²) in [5.74, 6) is 0. The molecule has 2 heterocycles. The predicted octanol–water partition coefficient (Wildman–Crippen LogP) is 2.01. The minimum atomic E-state index is 1.07. The maximum absolute atomic E-state index is 4.64. The number of benzene rings is 1. The van der Waals surface area contributed by atoms with Gasteiger partial charge in [-0.1, -0.05) is 30.4 Å². The number of para-hydroxylation sites is 2. The van der Waals surface area contributed by atoms with Crippen LogP contribution in [0.5, 0.6) is 0 Å². The Kier molecular flexibility index (Phi) is 1.10. The first kappa shape index (κ1) is 7.23. The van der Waals surface area contributed by atoms with Gasteiger partial charge >= 0.3 is 0 Å². The maximum atomic E-state index is 4.64. The summed E-state index contributed by atoms with van der Waals surface area (Å²) in [6.07, 6.45) is 8.47. The van der Waals surface area contributed by atoms with Crippen LogP contribution < -0.4 is 5.22 Å². The molecule has 2 heteroatoms. The number of nitrogens with zero attached hydrogens (tertiary/aromatic N) is 2. The zero-order valence-corrected chi connectivity index (χ0v) is 8.01. The van der Waals surface area contributed by atoms with Crippen LogP contribution in [-0.2, 0) is 0 Å². The molecule has 0 N–H and O–H groups in total. The average Bonchev–Trinajstić information content (AvgIpc) is 2.87. The van der Waals surface area contributed by atoms with Gasteiger partial charge in [-0.25, -0.2) is 4.98 Å². The Balaban J connectivity index is 2.35. The summed E-state index contributed by atoms with van der Waals surface area (Å²) < 4.78 is 2.17. The largest absolute Gasteiger partial charge is 0.298 e. The molecular weight excluding hydrogens is 184 g/mol. The second-order valence-corrected chi connectivity index (χ2v) is 3.82. The van der Waals surface area contributed by atoms with Gasteiger partial charge in [-0.05, 0) is 12.1 Å². The summed E-state index contributed by atoms with van der Waals surface area (Å²) in [5.41, 5.74) is 4.58. The molecule has 0 radical (unpaired) electrons. The number of imidazole rings is 1. The Morgan fingerprint density at radius 2 is 2.07 bits per heavy atom. The minimum Gasteiger partial charge on any atom is -0.298 e. The van der Waals surface area contributed by atoms with E-state index in [1.807, 2.05) is 12.1 Å². The summed E-state index contributed by atoms with van der Waals surface area (Å²) in [6, 6.07) is 8.23. The zero-order valence-electron chi connectivity index (χ0n) is 8.01. The van der Waals surface area contributed by atoms with Gasteiger partial charge in [-0.2, -0.15) is 0 Å². The van der Waals surface area contributed by atoms with Crippen LogP contribution in [0.1, 0.15) is 5.56 Å². The van der Waals surface area contributed by atoms with E-state index in [4.69, 9.17) is 0 Å². The van der Waals surface area contributed by atoms with E-state index in [0.29, 0.717) is 0 Å². The summed E-state index contributed by atoms with van der Waals surface area (Å²) in [6.45, 7) is 0. The lowest BCUT2D eigenvalue weighted by Crippen LogP contribution is -1.97. The van der Waals surface area contributed by atoms with Crippen molar-refractivity contribution in [2.45, 2.75) is 0 Å². The van der Waals surface area contributed by atoms with E-state index in [9.17, 15) is 0 Å². The summed E-state index contributed by atoms with van der Waals surface area (Å²) in [5, 5.41) is 1.24. The van der Waals surface area contributed by atoms with Gasteiger partial charge in [0.2, 0.25) is 0 Å². The highest BCUT2D eigenvalue weighted by atomic mass is 15.0. The van der Waals surface area contributed by atoms with Gasteiger partial charge in [0.15, 0.2) is 0 Å². The SMILES string of the molecule is C1=Cc2cn3c(nc4ccccc43)c2=C1. The molecule has 0 atom stereocenters. The first-order chi connectivity index (χ1) is 7.43. The quantitative estimate of drug-likeness (QED) is 0.532. The molecule has 0 amide bonds. The fraction of sp³-hybridized carbons (Fsp3) is 0. The molecule has 0 saturated heterocycles. The number of fused-ring (bicyclic) bond motifs is 5. The lowest BCUT2D eigenvalue weighted by atomic mass is 10.3. The number of rotatable bonds is 0. The Bertz CT molecular complexity index is 763. The molecule has 1 aromatic carbocycles. The molecule has 0 saturated carbocycles. The summed E-state index contributed by atoms with van der Waals surface area (Å²) in [4.78, 5) is 4.64. The smallest absolute Gasteiger partial charge is 0.145 e. The fourth-order valence-corrected chi connectivity index (χ4v) is 2.25. The monoisotopic (exact) mass is 192 g/mol. The fourth-order valence-electron chi connectivity index (χ4n) is 2.25. The van der Waals surface area contributed by atoms with Gasteiger partial charge in [0, 0.05) is 17.0 Å². The van der Waals surface area contributed by atoms with Gasteiger partial charge in [-0.3, -0.25) is 4.40 Å². The van der Waals surface area contributed by atoms with E-state index >= 15 is 0 Å². The third-order valence-corrected chi connectivity index (χ3v) is 2.95. The van der Waals surface area contributed by atoms with Crippen LogP contribution in [0.15, 0.2) is 36.5 Å². The highest BCUT2D eigenvalue weighted by Gasteiger charge is 2.10. The van der Waals surface area contributed by atoms with E-state index < -0.39 is 0 Å². The summed E-state index contributed by atoms with van der Waals surface area (Å²) >= 11 is 0. The Hall–Kier alpha value is -2.09. The number of hydrogen-bond donors (Lipinski definition) is 0. The van der Waals surface area contributed by atoms with Crippen molar-refractivity contribution in [3.05, 3.63) is 47.3 Å². The zero-order chi connectivity index (χ0) is 9.83. The van der Waals surface area contributed by atoms with Gasteiger partial charge in [-0.15, -0.1) is 0 Å². The Morgan fingerprint density at radius 3 is 3.07 bits per heavy atom. The molecule has 15 heavy (non-hydrogen) atoms. The number of hydrogen-bond acceptors (Lipinski definition) is 1. The van der Waals surface area contributed by atoms with Crippen molar-refractivity contribution in [3.63, 3.8) is 0 Å². The highest BCUT2D eigenvalue weighted by molar-refractivity contribution is 5.84. The van der Waals surface area contributed by atoms with Crippen molar-refractivity contribution in [1.29, 1.82) is 0 Å². The van der Waals surface area contributed by atoms with Gasteiger partial charge in [0.1, 0.15) is 5.65 Å². The first-order valence-electron chi connectivity index (χ1n) is 5.01. The lowest BCUT2D eigenvalue weighted by molar-refractivity contribution is 1.27. The standard InChI is InChI=1S/C13H8N2/c1-2-7-12-11(6-1)14-13-10-5-3-4-9(10)8-15(12)13/h1-8H. The van der Waals surface area contributed by atoms with Crippen LogP contribution in [0, 0.1) is 0 Å². The summed E-state index contributed by atoms with van der Waals surface area (Å²) in [7, 11) is 0. The molecule has 2 aromatic heterocycles. The van der Waals surface area contributed by atoms with E-state index in [0.717, 1.165) is 11.2 Å². The average molecular weight is 192 g/mol. The third-order valence-electron chi connectivity index (χ3n) is 2.95. The van der Waals surface area contributed by atoms with Crippen LogP contribution in [0.2, 0.25) is 0 Å². The third kappa shape index (κ3) is 0.773. The van der Waals surface area contributed by atoms with Crippen LogP contribution in [0.25, 0.3) is 28.8 Å².